The summed E-state index contributed by atoms with van der Waals surface area (Å²) in [7, 11) is 0. The van der Waals surface area contributed by atoms with Crippen molar-refractivity contribution in [3.63, 3.8) is 0 Å². The van der Waals surface area contributed by atoms with Crippen molar-refractivity contribution in [2.45, 2.75) is 12.8 Å². The number of rotatable bonds is 2. The summed E-state index contributed by atoms with van der Waals surface area (Å²) in [5.41, 5.74) is 0.198. The van der Waals surface area contributed by atoms with E-state index in [1.807, 2.05) is 0 Å². The molecule has 1 aromatic rings. The van der Waals surface area contributed by atoms with Gasteiger partial charge in [-0.25, -0.2) is 8.78 Å². The SMILES string of the molecule is O=C(O)Cc1c(F)cc(F)c2c1OCC2. The maximum atomic E-state index is 13.3. The third-order valence-electron chi connectivity index (χ3n) is 2.30. The largest absolute Gasteiger partial charge is 0.492 e. The summed E-state index contributed by atoms with van der Waals surface area (Å²) < 4.78 is 31.5. The minimum Gasteiger partial charge on any atom is -0.492 e. The Labute approximate surface area is 84.3 Å². The predicted molar refractivity (Wildman–Crippen MR) is 46.9 cm³/mol. The molecule has 5 heteroatoms. The first-order chi connectivity index (χ1) is 7.09. The molecular weight excluding hydrogens is 206 g/mol. The summed E-state index contributed by atoms with van der Waals surface area (Å²) in [6.45, 7) is 0.266. The summed E-state index contributed by atoms with van der Waals surface area (Å²) in [5.74, 6) is -2.64. The van der Waals surface area contributed by atoms with Gasteiger partial charge < -0.3 is 9.84 Å². The van der Waals surface area contributed by atoms with Gasteiger partial charge in [0.1, 0.15) is 17.4 Å². The first-order valence-electron chi connectivity index (χ1n) is 4.44. The van der Waals surface area contributed by atoms with Crippen molar-refractivity contribution in [2.75, 3.05) is 6.61 Å². The quantitative estimate of drug-likeness (QED) is 0.811. The van der Waals surface area contributed by atoms with Crippen LogP contribution >= 0.6 is 0 Å². The Kier molecular flexibility index (Phi) is 2.30. The number of aliphatic carboxylic acids is 1. The molecule has 0 spiro atoms. The molecule has 1 heterocycles. The number of carboxylic acid groups (broad SMARTS) is 1. The van der Waals surface area contributed by atoms with Crippen LogP contribution in [0.25, 0.3) is 0 Å². The first-order valence-corrected chi connectivity index (χ1v) is 4.44. The zero-order valence-corrected chi connectivity index (χ0v) is 7.72. The molecular formula is C10H8F2O3. The fourth-order valence-electron chi connectivity index (χ4n) is 1.66. The van der Waals surface area contributed by atoms with Gasteiger partial charge in [0.15, 0.2) is 0 Å². The molecule has 0 bridgehead atoms. The topological polar surface area (TPSA) is 46.5 Å². The zero-order chi connectivity index (χ0) is 11.0. The second-order valence-corrected chi connectivity index (χ2v) is 3.30. The van der Waals surface area contributed by atoms with Gasteiger partial charge in [-0.3, -0.25) is 4.79 Å². The third kappa shape index (κ3) is 1.65. The van der Waals surface area contributed by atoms with E-state index in [1.54, 1.807) is 0 Å². The van der Waals surface area contributed by atoms with Crippen LogP contribution in [0.4, 0.5) is 8.78 Å². The van der Waals surface area contributed by atoms with Gasteiger partial charge in [-0.2, -0.15) is 0 Å². The number of ether oxygens (including phenoxy) is 1. The molecule has 2 rings (SSSR count). The van der Waals surface area contributed by atoms with E-state index in [0.29, 0.717) is 12.5 Å². The minimum absolute atomic E-state index is 0.0647. The molecule has 3 nitrogen and oxygen atoms in total. The number of halogens is 2. The van der Waals surface area contributed by atoms with E-state index in [-0.39, 0.29) is 23.5 Å². The lowest BCUT2D eigenvalue weighted by Crippen LogP contribution is -2.05. The van der Waals surface area contributed by atoms with E-state index >= 15 is 0 Å². The standard InChI is InChI=1S/C10H8F2O3/c11-7-4-8(12)6(3-9(13)14)10-5(7)1-2-15-10/h4H,1-3H2,(H,13,14). The molecule has 0 amide bonds. The van der Waals surface area contributed by atoms with Crippen molar-refractivity contribution in [3.05, 3.63) is 28.8 Å². The van der Waals surface area contributed by atoms with Crippen LogP contribution in [0, 0.1) is 11.6 Å². The van der Waals surface area contributed by atoms with E-state index < -0.39 is 24.0 Å². The van der Waals surface area contributed by atoms with Crippen LogP contribution in [0.15, 0.2) is 6.07 Å². The summed E-state index contributed by atoms with van der Waals surface area (Å²) in [6.07, 6.45) is -0.136. The number of benzene rings is 1. The van der Waals surface area contributed by atoms with Gasteiger partial charge in [-0.1, -0.05) is 0 Å². The Morgan fingerprint density at radius 2 is 2.20 bits per heavy atom. The summed E-state index contributed by atoms with van der Waals surface area (Å²) in [6, 6.07) is 0.714. The number of carbonyl (C=O) groups is 1. The van der Waals surface area contributed by atoms with Crippen molar-refractivity contribution in [3.8, 4) is 5.75 Å². The average molecular weight is 214 g/mol. The second-order valence-electron chi connectivity index (χ2n) is 3.30. The van der Waals surface area contributed by atoms with Gasteiger partial charge >= 0.3 is 5.97 Å². The van der Waals surface area contributed by atoms with Crippen LogP contribution in [0.2, 0.25) is 0 Å². The fourth-order valence-corrected chi connectivity index (χ4v) is 1.66. The molecule has 0 atom stereocenters. The third-order valence-corrected chi connectivity index (χ3v) is 2.30. The van der Waals surface area contributed by atoms with Crippen LogP contribution in [0.3, 0.4) is 0 Å². The molecule has 1 aliphatic heterocycles. The highest BCUT2D eigenvalue weighted by molar-refractivity contribution is 5.72. The molecule has 0 saturated heterocycles. The highest BCUT2D eigenvalue weighted by atomic mass is 19.1. The van der Waals surface area contributed by atoms with Crippen molar-refractivity contribution in [1.29, 1.82) is 0 Å². The lowest BCUT2D eigenvalue weighted by molar-refractivity contribution is -0.136. The lowest BCUT2D eigenvalue weighted by atomic mass is 10.0. The van der Waals surface area contributed by atoms with Crippen molar-refractivity contribution in [2.24, 2.45) is 0 Å². The Bertz CT molecular complexity index is 429. The molecule has 1 N–H and O–H groups in total. The van der Waals surface area contributed by atoms with Crippen molar-refractivity contribution < 1.29 is 23.4 Å². The van der Waals surface area contributed by atoms with Crippen LogP contribution in [0.1, 0.15) is 11.1 Å². The average Bonchev–Trinajstić information content (AvgIpc) is 2.60. The molecule has 80 valence electrons. The summed E-state index contributed by atoms with van der Waals surface area (Å²) in [5, 5.41) is 8.58. The first kappa shape index (κ1) is 9.89. The van der Waals surface area contributed by atoms with E-state index in [9.17, 15) is 13.6 Å². The van der Waals surface area contributed by atoms with Crippen LogP contribution in [-0.4, -0.2) is 17.7 Å². The number of carboxylic acids is 1. The molecule has 15 heavy (non-hydrogen) atoms. The van der Waals surface area contributed by atoms with E-state index in [2.05, 4.69) is 0 Å². The van der Waals surface area contributed by atoms with Crippen LogP contribution in [0.5, 0.6) is 5.75 Å². The van der Waals surface area contributed by atoms with E-state index in [4.69, 9.17) is 9.84 Å². The Morgan fingerprint density at radius 3 is 2.87 bits per heavy atom. The molecule has 0 aromatic heterocycles. The molecule has 0 aliphatic carbocycles. The number of fused-ring (bicyclic) bond motifs is 1. The van der Waals surface area contributed by atoms with E-state index in [1.165, 1.54) is 0 Å². The smallest absolute Gasteiger partial charge is 0.308 e. The molecule has 0 fully saturated rings. The molecule has 1 aromatic carbocycles. The zero-order valence-electron chi connectivity index (χ0n) is 7.72. The highest BCUT2D eigenvalue weighted by Gasteiger charge is 2.25. The van der Waals surface area contributed by atoms with Crippen LogP contribution < -0.4 is 4.74 Å². The van der Waals surface area contributed by atoms with Gasteiger partial charge in [0, 0.05) is 23.6 Å². The molecule has 1 aliphatic rings. The summed E-state index contributed by atoms with van der Waals surface area (Å²) >= 11 is 0. The van der Waals surface area contributed by atoms with Crippen molar-refractivity contribution >= 4 is 5.97 Å². The number of hydrogen-bond acceptors (Lipinski definition) is 2. The van der Waals surface area contributed by atoms with E-state index in [0.717, 1.165) is 0 Å². The Balaban J connectivity index is 2.54. The van der Waals surface area contributed by atoms with Gasteiger partial charge in [0.05, 0.1) is 13.0 Å². The van der Waals surface area contributed by atoms with Gasteiger partial charge in [-0.05, 0) is 0 Å². The second kappa shape index (κ2) is 3.49. The molecule has 0 saturated carbocycles. The Morgan fingerprint density at radius 1 is 1.47 bits per heavy atom. The van der Waals surface area contributed by atoms with Gasteiger partial charge in [0.25, 0.3) is 0 Å². The normalized spacial score (nSPS) is 13.5. The van der Waals surface area contributed by atoms with Gasteiger partial charge in [-0.15, -0.1) is 0 Å². The molecule has 0 radical (unpaired) electrons. The lowest BCUT2D eigenvalue weighted by Gasteiger charge is -2.07. The Hall–Kier alpha value is -1.65. The highest BCUT2D eigenvalue weighted by Crippen LogP contribution is 2.34. The van der Waals surface area contributed by atoms with Crippen molar-refractivity contribution in [1.82, 2.24) is 0 Å². The summed E-state index contributed by atoms with van der Waals surface area (Å²) in [4.78, 5) is 10.5. The fraction of sp³-hybridized carbons (Fsp3) is 0.300. The monoisotopic (exact) mass is 214 g/mol. The maximum Gasteiger partial charge on any atom is 0.308 e. The van der Waals surface area contributed by atoms with Crippen LogP contribution in [-0.2, 0) is 17.6 Å². The predicted octanol–water partition coefficient (Wildman–Crippen LogP) is 1.53. The number of hydrogen-bond donors (Lipinski definition) is 1. The minimum atomic E-state index is -1.17. The molecule has 0 unspecified atom stereocenters. The maximum absolute atomic E-state index is 13.3. The van der Waals surface area contributed by atoms with Gasteiger partial charge in [0.2, 0.25) is 0 Å².